The average molecular weight is 628 g/mol. The van der Waals surface area contributed by atoms with Gasteiger partial charge in [-0.05, 0) is 86.2 Å². The van der Waals surface area contributed by atoms with Gasteiger partial charge in [-0.3, -0.25) is 4.79 Å². The number of nitrogens with one attached hydrogen (secondary N) is 1. The minimum absolute atomic E-state index is 0.0109. The number of Topliss-reactive ketones (excluding diaryl/α,β-unsaturated/α-hetero) is 1. The molecule has 3 N–H and O–H groups in total. The molecule has 3 heterocycles. The Kier molecular flexibility index (Phi) is 7.93. The summed E-state index contributed by atoms with van der Waals surface area (Å²) in [5.41, 5.74) is 4.35. The number of hydrogen-bond donors (Lipinski definition) is 3. The van der Waals surface area contributed by atoms with Gasteiger partial charge in [-0.1, -0.05) is 24.5 Å². The number of fused-ring (bicyclic) bond motifs is 3. The van der Waals surface area contributed by atoms with Crippen LogP contribution in [0.4, 0.5) is 0 Å². The first-order valence-electron chi connectivity index (χ1n) is 16.4. The van der Waals surface area contributed by atoms with E-state index in [0.29, 0.717) is 48.3 Å². The number of aromatic nitrogens is 1. The molecule has 2 fully saturated rings. The van der Waals surface area contributed by atoms with E-state index in [1.807, 2.05) is 31.3 Å². The molecule has 2 aromatic carbocycles. The predicted molar refractivity (Wildman–Crippen MR) is 172 cm³/mol. The quantitative estimate of drug-likeness (QED) is 0.271. The first-order valence-corrected chi connectivity index (χ1v) is 16.4. The summed E-state index contributed by atoms with van der Waals surface area (Å²) >= 11 is 0. The number of aliphatic hydroxyl groups excluding tert-OH is 1. The van der Waals surface area contributed by atoms with E-state index in [4.69, 9.17) is 18.9 Å². The topological polar surface area (TPSA) is 127 Å². The Bertz CT molecular complexity index is 1770. The second kappa shape index (κ2) is 11.9. The molecular formula is C37H41NO8. The van der Waals surface area contributed by atoms with Crippen molar-refractivity contribution in [2.45, 2.75) is 89.4 Å². The van der Waals surface area contributed by atoms with Crippen LogP contribution in [0, 0.1) is 5.92 Å². The highest BCUT2D eigenvalue weighted by Gasteiger charge is 2.48. The van der Waals surface area contributed by atoms with E-state index < -0.39 is 24.3 Å². The molecule has 0 radical (unpaired) electrons. The van der Waals surface area contributed by atoms with Gasteiger partial charge in [-0.2, -0.15) is 0 Å². The lowest BCUT2D eigenvalue weighted by Gasteiger charge is -2.35. The van der Waals surface area contributed by atoms with Gasteiger partial charge in [0.05, 0.1) is 31.5 Å². The summed E-state index contributed by atoms with van der Waals surface area (Å²) < 4.78 is 24.2. The zero-order valence-corrected chi connectivity index (χ0v) is 26.6. The van der Waals surface area contributed by atoms with Crippen LogP contribution in [0.1, 0.15) is 87.0 Å². The maximum absolute atomic E-state index is 13.4. The summed E-state index contributed by atoms with van der Waals surface area (Å²) in [5, 5.41) is 23.6. The lowest BCUT2D eigenvalue weighted by atomic mass is 9.76. The molecule has 7 rings (SSSR count). The first-order chi connectivity index (χ1) is 22.2. The average Bonchev–Trinajstić information content (AvgIpc) is 3.85. The highest BCUT2D eigenvalue weighted by molar-refractivity contribution is 5.98. The lowest BCUT2D eigenvalue weighted by molar-refractivity contribution is -0.141. The van der Waals surface area contributed by atoms with E-state index in [1.54, 1.807) is 20.1 Å². The third kappa shape index (κ3) is 5.00. The molecule has 0 unspecified atom stereocenters. The summed E-state index contributed by atoms with van der Waals surface area (Å²) in [6, 6.07) is 8.05. The molecule has 3 atom stereocenters. The SMILES string of the molecule is CCOC(=O)C1=C/C(=C2\CCC(=O)[C@H](c3ccc4[nH]ccc4c3)C2)c2c(OC)c3c(c(CO)c2O1)O[C@H]([C@@](C)(O)C1CCCC1)C3. The molecule has 4 aliphatic rings. The molecule has 242 valence electrons. The zero-order valence-electron chi connectivity index (χ0n) is 26.6. The highest BCUT2D eigenvalue weighted by atomic mass is 16.6. The van der Waals surface area contributed by atoms with Gasteiger partial charge in [0.2, 0.25) is 5.76 Å². The van der Waals surface area contributed by atoms with Crippen LogP contribution in [0.3, 0.4) is 0 Å². The van der Waals surface area contributed by atoms with Crippen LogP contribution in [0.5, 0.6) is 17.2 Å². The third-order valence-electron chi connectivity index (χ3n) is 10.5. The van der Waals surface area contributed by atoms with Crippen molar-refractivity contribution in [1.82, 2.24) is 4.98 Å². The van der Waals surface area contributed by atoms with Crippen molar-refractivity contribution in [2.75, 3.05) is 13.7 Å². The number of rotatable bonds is 7. The molecule has 2 saturated carbocycles. The summed E-state index contributed by atoms with van der Waals surface area (Å²) in [5.74, 6) is 0.509. The number of ketones is 1. The summed E-state index contributed by atoms with van der Waals surface area (Å²) in [4.78, 5) is 29.7. The van der Waals surface area contributed by atoms with Crippen molar-refractivity contribution in [1.29, 1.82) is 0 Å². The van der Waals surface area contributed by atoms with Gasteiger partial charge in [-0.25, -0.2) is 4.79 Å². The maximum Gasteiger partial charge on any atom is 0.374 e. The fourth-order valence-corrected chi connectivity index (χ4v) is 7.99. The second-order valence-corrected chi connectivity index (χ2v) is 13.1. The van der Waals surface area contributed by atoms with Crippen LogP contribution < -0.4 is 14.2 Å². The lowest BCUT2D eigenvalue weighted by Crippen LogP contribution is -2.47. The Morgan fingerprint density at radius 1 is 1.13 bits per heavy atom. The van der Waals surface area contributed by atoms with Gasteiger partial charge in [0.1, 0.15) is 34.7 Å². The number of hydrogen-bond acceptors (Lipinski definition) is 8. The summed E-state index contributed by atoms with van der Waals surface area (Å²) in [7, 11) is 1.59. The van der Waals surface area contributed by atoms with E-state index in [-0.39, 0.29) is 35.7 Å². The number of H-pyrrole nitrogens is 1. The van der Waals surface area contributed by atoms with Crippen LogP contribution >= 0.6 is 0 Å². The molecule has 2 aliphatic carbocycles. The molecule has 46 heavy (non-hydrogen) atoms. The van der Waals surface area contributed by atoms with Crippen LogP contribution in [-0.4, -0.2) is 52.4 Å². The van der Waals surface area contributed by atoms with E-state index in [2.05, 4.69) is 11.1 Å². The van der Waals surface area contributed by atoms with Crippen molar-refractivity contribution >= 4 is 28.2 Å². The molecule has 1 aromatic heterocycles. The van der Waals surface area contributed by atoms with Gasteiger partial charge < -0.3 is 34.1 Å². The van der Waals surface area contributed by atoms with Gasteiger partial charge >= 0.3 is 5.97 Å². The Labute approximate surface area is 268 Å². The zero-order chi connectivity index (χ0) is 32.2. The number of methoxy groups -OCH3 is 1. The number of aliphatic hydroxyl groups is 2. The summed E-state index contributed by atoms with van der Waals surface area (Å²) in [6.45, 7) is 3.33. The minimum atomic E-state index is -1.08. The Hall–Kier alpha value is -4.08. The smallest absolute Gasteiger partial charge is 0.374 e. The fourth-order valence-electron chi connectivity index (χ4n) is 7.99. The van der Waals surface area contributed by atoms with E-state index in [1.165, 1.54) is 0 Å². The minimum Gasteiger partial charge on any atom is -0.496 e. The predicted octanol–water partition coefficient (Wildman–Crippen LogP) is 6.04. The molecule has 0 bridgehead atoms. The number of benzene rings is 2. The van der Waals surface area contributed by atoms with Gasteiger partial charge in [0, 0.05) is 36.0 Å². The maximum atomic E-state index is 13.4. The number of carbonyl (C=O) groups is 2. The molecule has 9 nitrogen and oxygen atoms in total. The van der Waals surface area contributed by atoms with Crippen LogP contribution in [0.15, 0.2) is 47.9 Å². The van der Waals surface area contributed by atoms with E-state index in [0.717, 1.165) is 58.9 Å². The van der Waals surface area contributed by atoms with Crippen molar-refractivity contribution in [3.63, 3.8) is 0 Å². The van der Waals surface area contributed by atoms with Crippen LogP contribution in [0.2, 0.25) is 0 Å². The van der Waals surface area contributed by atoms with Crippen LogP contribution in [-0.2, 0) is 27.4 Å². The Balaban J connectivity index is 1.37. The Morgan fingerprint density at radius 2 is 1.93 bits per heavy atom. The van der Waals surface area contributed by atoms with Gasteiger partial charge in [-0.15, -0.1) is 0 Å². The second-order valence-electron chi connectivity index (χ2n) is 13.1. The first kappa shape index (κ1) is 30.6. The largest absolute Gasteiger partial charge is 0.496 e. The standard InChI is InChI=1S/C37H41NO8/c1-4-44-36(41)30-17-25(21-10-12-29(40)24(16-21)20-9-11-28-22(15-20)13-14-38-28)32-34(43-3)26-18-31(37(2,42)23-7-5-6-8-23)46-33(26)27(19-39)35(32)45-30/h9,11,13-15,17,23-24,31,38-39,42H,4-8,10,12,16,18-19H2,1-3H3/b25-21-/t24-,31-,37-/m0/s1. The Morgan fingerprint density at radius 3 is 2.67 bits per heavy atom. The number of aromatic amines is 1. The van der Waals surface area contributed by atoms with Crippen molar-refractivity contribution in [2.24, 2.45) is 5.92 Å². The highest BCUT2D eigenvalue weighted by Crippen LogP contribution is 2.55. The van der Waals surface area contributed by atoms with Gasteiger partial charge in [0.15, 0.2) is 0 Å². The number of esters is 1. The molecule has 0 saturated heterocycles. The van der Waals surface area contributed by atoms with Gasteiger partial charge in [0.25, 0.3) is 0 Å². The molecule has 9 heteroatoms. The summed E-state index contributed by atoms with van der Waals surface area (Å²) in [6.07, 6.45) is 8.78. The molecule has 0 amide bonds. The fraction of sp³-hybridized carbons (Fsp3) is 0.459. The normalized spacial score (nSPS) is 24.1. The molecule has 0 spiro atoms. The van der Waals surface area contributed by atoms with E-state index >= 15 is 0 Å². The third-order valence-corrected chi connectivity index (χ3v) is 10.5. The number of carbonyl (C=O) groups excluding carboxylic acids is 2. The molecule has 3 aromatic rings. The van der Waals surface area contributed by atoms with Crippen molar-refractivity contribution in [3.05, 3.63) is 70.1 Å². The molecule has 2 aliphatic heterocycles. The van der Waals surface area contributed by atoms with Crippen molar-refractivity contribution in [3.8, 4) is 17.2 Å². The van der Waals surface area contributed by atoms with Crippen molar-refractivity contribution < 1.29 is 38.7 Å². The molecular weight excluding hydrogens is 586 g/mol. The van der Waals surface area contributed by atoms with E-state index in [9.17, 15) is 19.8 Å². The number of ether oxygens (including phenoxy) is 4. The van der Waals surface area contributed by atoms with Crippen LogP contribution in [0.25, 0.3) is 16.5 Å². The number of allylic oxidation sites excluding steroid dienone is 3. The monoisotopic (exact) mass is 627 g/mol.